The molecule has 4 rings (SSSR count). The van der Waals surface area contributed by atoms with Crippen molar-refractivity contribution in [2.24, 2.45) is 11.7 Å². The largest absolute Gasteiger partial charge is 0.348 e. The van der Waals surface area contributed by atoms with Gasteiger partial charge in [0.05, 0.1) is 12.1 Å². The second-order valence-corrected chi connectivity index (χ2v) is 7.09. The summed E-state index contributed by atoms with van der Waals surface area (Å²) in [7, 11) is 0. The zero-order valence-corrected chi connectivity index (χ0v) is 16.4. The fourth-order valence-corrected chi connectivity index (χ4v) is 3.36. The van der Waals surface area contributed by atoms with Crippen LogP contribution in [0.1, 0.15) is 28.8 Å². The highest BCUT2D eigenvalue weighted by molar-refractivity contribution is 6.00. The summed E-state index contributed by atoms with van der Waals surface area (Å²) in [6.07, 6.45) is 4.12. The van der Waals surface area contributed by atoms with E-state index in [1.807, 2.05) is 59.4 Å². The number of nitrogens with two attached hydrogens (primary N) is 1. The second-order valence-electron chi connectivity index (χ2n) is 7.09. The van der Waals surface area contributed by atoms with Gasteiger partial charge in [-0.1, -0.05) is 60.7 Å². The summed E-state index contributed by atoms with van der Waals surface area (Å²) in [5.41, 5.74) is 9.24. The number of nitrogens with zero attached hydrogens (tertiary/aromatic N) is 2. The minimum Gasteiger partial charge on any atom is -0.348 e. The Bertz CT molecular complexity index is 907. The Morgan fingerprint density at radius 1 is 1.11 bits per heavy atom. The summed E-state index contributed by atoms with van der Waals surface area (Å²) in [6.45, 7) is 1.09. The first-order valence-corrected chi connectivity index (χ1v) is 9.42. The maximum Gasteiger partial charge on any atom is 0.255 e. The van der Waals surface area contributed by atoms with E-state index < -0.39 is 0 Å². The third kappa shape index (κ3) is 4.61. The minimum atomic E-state index is -0.101. The molecule has 0 radical (unpaired) electrons. The third-order valence-electron chi connectivity index (χ3n) is 5.00. The van der Waals surface area contributed by atoms with Crippen LogP contribution in [0.4, 0.5) is 0 Å². The molecule has 0 spiro atoms. The number of carbonyl (C=O) groups excluding carboxylic acids is 1. The fourth-order valence-electron chi connectivity index (χ4n) is 3.36. The lowest BCUT2D eigenvalue weighted by Gasteiger charge is -2.15. The Hall–Kier alpha value is -2.63. The third-order valence-corrected chi connectivity index (χ3v) is 5.00. The molecule has 1 aliphatic rings. The topological polar surface area (TPSA) is 72.9 Å². The van der Waals surface area contributed by atoms with E-state index in [0.717, 1.165) is 24.0 Å². The summed E-state index contributed by atoms with van der Waals surface area (Å²) in [5, 5.41) is 7.83. The molecule has 0 bridgehead atoms. The smallest absolute Gasteiger partial charge is 0.255 e. The van der Waals surface area contributed by atoms with E-state index in [0.29, 0.717) is 30.3 Å². The summed E-state index contributed by atoms with van der Waals surface area (Å²) in [5.74, 6) is 0.411. The van der Waals surface area contributed by atoms with Crippen LogP contribution in [-0.2, 0) is 6.54 Å². The zero-order valence-electron chi connectivity index (χ0n) is 15.6. The standard InChI is InChI=1S/C22H24N4O.ClH/c23-13-20(17-11-12-17)24-22(27)19-15-26(14-16-7-3-1-4-8-16)25-21(19)18-9-5-2-6-10-18;/h1-10,15,17,20H,11-14,23H2,(H,24,27);1H. The molecule has 3 aromatic rings. The van der Waals surface area contributed by atoms with Gasteiger partial charge in [0.15, 0.2) is 0 Å². The van der Waals surface area contributed by atoms with Crippen molar-refractivity contribution in [3.8, 4) is 11.3 Å². The molecule has 28 heavy (non-hydrogen) atoms. The van der Waals surface area contributed by atoms with E-state index >= 15 is 0 Å². The van der Waals surface area contributed by atoms with Crippen LogP contribution in [0.15, 0.2) is 66.9 Å². The normalized spacial score (nSPS) is 14.2. The minimum absolute atomic E-state index is 0. The molecular weight excluding hydrogens is 372 g/mol. The van der Waals surface area contributed by atoms with Crippen molar-refractivity contribution in [3.63, 3.8) is 0 Å². The Morgan fingerprint density at radius 2 is 1.75 bits per heavy atom. The maximum atomic E-state index is 13.0. The number of carbonyl (C=O) groups is 1. The average Bonchev–Trinajstić information content (AvgIpc) is 3.47. The first-order valence-electron chi connectivity index (χ1n) is 9.42. The van der Waals surface area contributed by atoms with E-state index in [1.54, 1.807) is 0 Å². The quantitative estimate of drug-likeness (QED) is 0.642. The van der Waals surface area contributed by atoms with Crippen LogP contribution in [-0.4, -0.2) is 28.3 Å². The van der Waals surface area contributed by atoms with Gasteiger partial charge in [-0.2, -0.15) is 5.10 Å². The lowest BCUT2D eigenvalue weighted by molar-refractivity contribution is 0.0934. The van der Waals surface area contributed by atoms with E-state index in [4.69, 9.17) is 10.8 Å². The Kier molecular flexibility index (Phi) is 6.49. The Morgan fingerprint density at radius 3 is 2.36 bits per heavy atom. The molecule has 0 aliphatic heterocycles. The Labute approximate surface area is 171 Å². The molecule has 1 amide bonds. The van der Waals surface area contributed by atoms with Gasteiger partial charge in [-0.05, 0) is 24.3 Å². The van der Waals surface area contributed by atoms with Gasteiger partial charge in [-0.3, -0.25) is 9.48 Å². The van der Waals surface area contributed by atoms with Crippen LogP contribution >= 0.6 is 12.4 Å². The number of hydrogen-bond donors (Lipinski definition) is 2. The highest BCUT2D eigenvalue weighted by Gasteiger charge is 2.32. The predicted molar refractivity (Wildman–Crippen MR) is 113 cm³/mol. The number of halogens is 1. The van der Waals surface area contributed by atoms with Gasteiger partial charge in [0, 0.05) is 24.3 Å². The van der Waals surface area contributed by atoms with Crippen molar-refractivity contribution < 1.29 is 4.79 Å². The van der Waals surface area contributed by atoms with Crippen LogP contribution in [0.25, 0.3) is 11.3 Å². The molecule has 0 saturated heterocycles. The van der Waals surface area contributed by atoms with Gasteiger partial charge >= 0.3 is 0 Å². The van der Waals surface area contributed by atoms with Crippen LogP contribution in [0.2, 0.25) is 0 Å². The number of aromatic nitrogens is 2. The van der Waals surface area contributed by atoms with Gasteiger partial charge in [0.25, 0.3) is 5.91 Å². The SMILES string of the molecule is Cl.NCC(NC(=O)c1cn(Cc2ccccc2)nc1-c1ccccc1)C1CC1. The van der Waals surface area contributed by atoms with Crippen molar-refractivity contribution in [2.75, 3.05) is 6.54 Å². The van der Waals surface area contributed by atoms with Gasteiger partial charge in [-0.25, -0.2) is 0 Å². The molecule has 1 unspecified atom stereocenters. The van der Waals surface area contributed by atoms with E-state index in [1.165, 1.54) is 0 Å². The molecular formula is C22H25ClN4O. The van der Waals surface area contributed by atoms with Crippen molar-refractivity contribution in [3.05, 3.63) is 78.0 Å². The molecule has 3 N–H and O–H groups in total. The Balaban J connectivity index is 0.00000225. The number of benzene rings is 2. The van der Waals surface area contributed by atoms with E-state index in [9.17, 15) is 4.79 Å². The molecule has 1 heterocycles. The fraction of sp³-hybridized carbons (Fsp3) is 0.273. The lowest BCUT2D eigenvalue weighted by atomic mass is 10.1. The molecule has 1 aliphatic carbocycles. The number of rotatable bonds is 7. The molecule has 5 nitrogen and oxygen atoms in total. The molecule has 1 atom stereocenters. The molecule has 6 heteroatoms. The zero-order chi connectivity index (χ0) is 18.6. The molecule has 1 saturated carbocycles. The van der Waals surface area contributed by atoms with Gasteiger partial charge in [0.1, 0.15) is 5.69 Å². The van der Waals surface area contributed by atoms with Crippen LogP contribution in [0.3, 0.4) is 0 Å². The van der Waals surface area contributed by atoms with Crippen molar-refractivity contribution in [2.45, 2.75) is 25.4 Å². The highest BCUT2D eigenvalue weighted by Crippen LogP contribution is 2.32. The first kappa shape index (κ1) is 20.1. The van der Waals surface area contributed by atoms with Crippen LogP contribution < -0.4 is 11.1 Å². The molecule has 1 fully saturated rings. The summed E-state index contributed by atoms with van der Waals surface area (Å²) in [6, 6.07) is 20.0. The van der Waals surface area contributed by atoms with Crippen LogP contribution in [0, 0.1) is 5.92 Å². The number of nitrogens with one attached hydrogen (secondary N) is 1. The van der Waals surface area contributed by atoms with Gasteiger partial charge in [0.2, 0.25) is 0 Å². The summed E-state index contributed by atoms with van der Waals surface area (Å²) >= 11 is 0. The maximum absolute atomic E-state index is 13.0. The number of hydrogen-bond acceptors (Lipinski definition) is 3. The predicted octanol–water partition coefficient (Wildman–Crippen LogP) is 3.49. The van der Waals surface area contributed by atoms with Crippen molar-refractivity contribution in [1.82, 2.24) is 15.1 Å². The van der Waals surface area contributed by atoms with E-state index in [2.05, 4.69) is 17.4 Å². The monoisotopic (exact) mass is 396 g/mol. The lowest BCUT2D eigenvalue weighted by Crippen LogP contribution is -2.41. The van der Waals surface area contributed by atoms with Gasteiger partial charge < -0.3 is 11.1 Å². The van der Waals surface area contributed by atoms with Crippen LogP contribution in [0.5, 0.6) is 0 Å². The molecule has 2 aromatic carbocycles. The van der Waals surface area contributed by atoms with E-state index in [-0.39, 0.29) is 24.4 Å². The summed E-state index contributed by atoms with van der Waals surface area (Å²) < 4.78 is 1.83. The average molecular weight is 397 g/mol. The highest BCUT2D eigenvalue weighted by atomic mass is 35.5. The van der Waals surface area contributed by atoms with Crippen molar-refractivity contribution in [1.29, 1.82) is 0 Å². The number of amides is 1. The molecule has 146 valence electrons. The van der Waals surface area contributed by atoms with Gasteiger partial charge in [-0.15, -0.1) is 12.4 Å². The summed E-state index contributed by atoms with van der Waals surface area (Å²) in [4.78, 5) is 13.0. The molecule has 1 aromatic heterocycles. The first-order chi connectivity index (χ1) is 13.2. The van der Waals surface area contributed by atoms with Crippen molar-refractivity contribution >= 4 is 18.3 Å². The second kappa shape index (κ2) is 9.04.